The first-order valence-electron chi connectivity index (χ1n) is 11.2. The first-order chi connectivity index (χ1) is 14.5. The van der Waals surface area contributed by atoms with Crippen molar-refractivity contribution in [2.45, 2.75) is 45.1 Å². The minimum atomic E-state index is -0.159. The molecule has 1 aromatic rings. The maximum absolute atomic E-state index is 13.5. The van der Waals surface area contributed by atoms with E-state index < -0.39 is 0 Å². The monoisotopic (exact) mass is 433 g/mol. The molecule has 0 radical (unpaired) electrons. The molecule has 30 heavy (non-hydrogen) atoms. The molecule has 7 heteroatoms. The molecule has 3 saturated heterocycles. The van der Waals surface area contributed by atoms with Crippen molar-refractivity contribution in [3.63, 3.8) is 0 Å². The number of rotatable bonds is 6. The fourth-order valence-electron chi connectivity index (χ4n) is 5.34. The number of nitrogens with zero attached hydrogens (tertiary/aromatic N) is 3. The number of likely N-dealkylation sites (tertiary alicyclic amines) is 1. The van der Waals surface area contributed by atoms with Gasteiger partial charge in [-0.05, 0) is 76.4 Å². The standard InChI is InChI=1S/C23H32ClN3O3/c1-2-27(22(29)23-10-3-12-25(17-23)15-11-23)19-8-13-26(14-9-19)21(28)16-30-20-6-4-18(24)5-7-20/h4-7,19H,2-3,8-17H2,1H3. The Bertz CT molecular complexity index is 759. The van der Waals surface area contributed by atoms with E-state index in [0.717, 1.165) is 58.3 Å². The second kappa shape index (κ2) is 9.15. The van der Waals surface area contributed by atoms with Crippen molar-refractivity contribution in [2.24, 2.45) is 5.41 Å². The summed E-state index contributed by atoms with van der Waals surface area (Å²) in [5, 5.41) is 0.642. The number of carbonyl (C=O) groups excluding carboxylic acids is 2. The van der Waals surface area contributed by atoms with Crippen molar-refractivity contribution in [1.29, 1.82) is 0 Å². The fourth-order valence-corrected chi connectivity index (χ4v) is 5.47. The van der Waals surface area contributed by atoms with Gasteiger partial charge in [0, 0.05) is 37.2 Å². The molecule has 3 heterocycles. The van der Waals surface area contributed by atoms with E-state index in [1.807, 2.05) is 4.90 Å². The highest BCUT2D eigenvalue weighted by Gasteiger charge is 2.49. The summed E-state index contributed by atoms with van der Waals surface area (Å²) >= 11 is 5.88. The van der Waals surface area contributed by atoms with E-state index in [0.29, 0.717) is 29.8 Å². The summed E-state index contributed by atoms with van der Waals surface area (Å²) < 4.78 is 5.60. The zero-order valence-electron chi connectivity index (χ0n) is 17.8. The molecule has 2 amide bonds. The molecule has 4 rings (SSSR count). The van der Waals surface area contributed by atoms with Gasteiger partial charge in [-0.1, -0.05) is 11.6 Å². The van der Waals surface area contributed by atoms with E-state index in [4.69, 9.17) is 16.3 Å². The average molecular weight is 434 g/mol. The van der Waals surface area contributed by atoms with Gasteiger partial charge in [-0.2, -0.15) is 0 Å². The molecule has 1 aromatic carbocycles. The van der Waals surface area contributed by atoms with Crippen LogP contribution in [0.5, 0.6) is 5.75 Å². The molecule has 0 aliphatic carbocycles. The molecule has 0 N–H and O–H groups in total. The van der Waals surface area contributed by atoms with Crippen LogP contribution in [0.4, 0.5) is 0 Å². The summed E-state index contributed by atoms with van der Waals surface area (Å²) in [6.45, 7) is 7.35. The minimum absolute atomic E-state index is 0.00455. The summed E-state index contributed by atoms with van der Waals surface area (Å²) in [5.41, 5.74) is -0.159. The number of piperidine rings is 2. The maximum atomic E-state index is 13.5. The van der Waals surface area contributed by atoms with Gasteiger partial charge in [-0.15, -0.1) is 0 Å². The van der Waals surface area contributed by atoms with Crippen molar-refractivity contribution in [3.05, 3.63) is 29.3 Å². The molecule has 164 valence electrons. The van der Waals surface area contributed by atoms with Crippen LogP contribution in [-0.2, 0) is 9.59 Å². The van der Waals surface area contributed by atoms with Crippen molar-refractivity contribution in [1.82, 2.24) is 14.7 Å². The van der Waals surface area contributed by atoms with Gasteiger partial charge >= 0.3 is 0 Å². The normalized spacial score (nSPS) is 26.5. The second-order valence-electron chi connectivity index (χ2n) is 8.86. The van der Waals surface area contributed by atoms with Gasteiger partial charge in [-0.25, -0.2) is 0 Å². The van der Waals surface area contributed by atoms with Gasteiger partial charge in [0.15, 0.2) is 6.61 Å². The quantitative estimate of drug-likeness (QED) is 0.692. The van der Waals surface area contributed by atoms with Crippen LogP contribution in [0.25, 0.3) is 0 Å². The van der Waals surface area contributed by atoms with Crippen LogP contribution in [0.2, 0.25) is 5.02 Å². The van der Waals surface area contributed by atoms with Gasteiger partial charge in [0.25, 0.3) is 5.91 Å². The molecule has 6 nitrogen and oxygen atoms in total. The minimum Gasteiger partial charge on any atom is -0.484 e. The van der Waals surface area contributed by atoms with E-state index >= 15 is 0 Å². The fraction of sp³-hybridized carbons (Fsp3) is 0.652. The lowest BCUT2D eigenvalue weighted by Crippen LogP contribution is -2.54. The third-order valence-electron chi connectivity index (χ3n) is 7.05. The van der Waals surface area contributed by atoms with E-state index in [9.17, 15) is 9.59 Å². The lowest BCUT2D eigenvalue weighted by atomic mass is 9.79. The Hall–Kier alpha value is -1.79. The van der Waals surface area contributed by atoms with E-state index in [1.54, 1.807) is 24.3 Å². The largest absolute Gasteiger partial charge is 0.484 e. The Morgan fingerprint density at radius 2 is 1.87 bits per heavy atom. The topological polar surface area (TPSA) is 53.1 Å². The second-order valence-corrected chi connectivity index (χ2v) is 9.29. The van der Waals surface area contributed by atoms with Crippen molar-refractivity contribution >= 4 is 23.4 Å². The van der Waals surface area contributed by atoms with Gasteiger partial charge in [0.05, 0.1) is 5.41 Å². The Kier molecular flexibility index (Phi) is 6.54. The number of carbonyl (C=O) groups is 2. The summed E-state index contributed by atoms with van der Waals surface area (Å²) in [5.74, 6) is 0.987. The van der Waals surface area contributed by atoms with Crippen LogP contribution in [0.3, 0.4) is 0 Å². The van der Waals surface area contributed by atoms with E-state index in [1.165, 1.54) is 0 Å². The molecule has 0 saturated carbocycles. The van der Waals surface area contributed by atoms with Gasteiger partial charge in [0.1, 0.15) is 5.75 Å². The molecule has 2 atom stereocenters. The SMILES string of the molecule is CCN(C(=O)C12CCCN(CC1)C2)C1CCN(C(=O)COc2ccc(Cl)cc2)CC1. The number of halogens is 1. The maximum Gasteiger partial charge on any atom is 0.260 e. The average Bonchev–Trinajstić information content (AvgIpc) is 3.08. The third-order valence-corrected chi connectivity index (χ3v) is 7.30. The van der Waals surface area contributed by atoms with Crippen molar-refractivity contribution in [2.75, 3.05) is 45.9 Å². The summed E-state index contributed by atoms with van der Waals surface area (Å²) in [6, 6.07) is 7.26. The number of ether oxygens (including phenoxy) is 1. The third kappa shape index (κ3) is 4.45. The molecule has 2 bridgehead atoms. The van der Waals surface area contributed by atoms with Crippen LogP contribution < -0.4 is 4.74 Å². The van der Waals surface area contributed by atoms with Crippen LogP contribution >= 0.6 is 11.6 Å². The smallest absolute Gasteiger partial charge is 0.260 e. The van der Waals surface area contributed by atoms with Gasteiger partial charge in [-0.3, -0.25) is 9.59 Å². The van der Waals surface area contributed by atoms with E-state index in [-0.39, 0.29) is 24.0 Å². The van der Waals surface area contributed by atoms with Crippen LogP contribution in [0, 0.1) is 5.41 Å². The Morgan fingerprint density at radius 1 is 1.13 bits per heavy atom. The van der Waals surface area contributed by atoms with Crippen LogP contribution in [-0.4, -0.2) is 78.4 Å². The zero-order valence-corrected chi connectivity index (χ0v) is 18.6. The predicted octanol–water partition coefficient (Wildman–Crippen LogP) is 3.04. The number of benzene rings is 1. The van der Waals surface area contributed by atoms with Gasteiger partial charge in [0.2, 0.25) is 5.91 Å². The predicted molar refractivity (Wildman–Crippen MR) is 117 cm³/mol. The lowest BCUT2D eigenvalue weighted by Gasteiger charge is -2.43. The van der Waals surface area contributed by atoms with Gasteiger partial charge < -0.3 is 19.4 Å². The summed E-state index contributed by atoms with van der Waals surface area (Å²) in [7, 11) is 0. The Balaban J connectivity index is 1.29. The number of amides is 2. The molecule has 3 aliphatic heterocycles. The molecule has 3 aliphatic rings. The number of hydrogen-bond donors (Lipinski definition) is 0. The zero-order chi connectivity index (χ0) is 21.1. The molecular weight excluding hydrogens is 402 g/mol. The highest BCUT2D eigenvalue weighted by Crippen LogP contribution is 2.41. The lowest BCUT2D eigenvalue weighted by molar-refractivity contribution is -0.147. The molecule has 2 unspecified atom stereocenters. The first kappa shape index (κ1) is 21.4. The molecule has 0 spiro atoms. The first-order valence-corrected chi connectivity index (χ1v) is 11.6. The van der Waals surface area contributed by atoms with Crippen LogP contribution in [0.1, 0.15) is 39.0 Å². The highest BCUT2D eigenvalue weighted by atomic mass is 35.5. The van der Waals surface area contributed by atoms with Crippen molar-refractivity contribution in [3.8, 4) is 5.75 Å². The van der Waals surface area contributed by atoms with E-state index in [2.05, 4.69) is 16.7 Å². The van der Waals surface area contributed by atoms with Crippen LogP contribution in [0.15, 0.2) is 24.3 Å². The molecule has 0 aromatic heterocycles. The Morgan fingerprint density at radius 3 is 2.57 bits per heavy atom. The summed E-state index contributed by atoms with van der Waals surface area (Å²) in [4.78, 5) is 32.5. The molecule has 3 fully saturated rings. The number of fused-ring (bicyclic) bond motifs is 2. The molecular formula is C23H32ClN3O3. The number of hydrogen-bond acceptors (Lipinski definition) is 4. The van der Waals surface area contributed by atoms with Crippen molar-refractivity contribution < 1.29 is 14.3 Å². The highest BCUT2D eigenvalue weighted by molar-refractivity contribution is 6.30. The summed E-state index contributed by atoms with van der Waals surface area (Å²) in [6.07, 6.45) is 4.84. The Labute approximate surface area is 184 Å².